The summed E-state index contributed by atoms with van der Waals surface area (Å²) in [7, 11) is 0. The summed E-state index contributed by atoms with van der Waals surface area (Å²) >= 11 is 0. The Morgan fingerprint density at radius 1 is 1.17 bits per heavy atom. The monoisotopic (exact) mass is 315 g/mol. The first-order chi connectivity index (χ1) is 11.2. The molecule has 0 aliphatic carbocycles. The molecule has 5 nitrogen and oxygen atoms in total. The lowest BCUT2D eigenvalue weighted by atomic mass is 10.1. The number of hydrogen-bond donors (Lipinski definition) is 1. The molecule has 23 heavy (non-hydrogen) atoms. The molecular formula is C17H18FN3O2. The van der Waals surface area contributed by atoms with Gasteiger partial charge in [-0.15, -0.1) is 0 Å². The van der Waals surface area contributed by atoms with Gasteiger partial charge >= 0.3 is 0 Å². The van der Waals surface area contributed by atoms with Crippen LogP contribution in [-0.2, 0) is 16.0 Å². The Bertz CT molecular complexity index is 653. The van der Waals surface area contributed by atoms with Gasteiger partial charge in [-0.05, 0) is 29.8 Å². The molecule has 0 unspecified atom stereocenters. The van der Waals surface area contributed by atoms with E-state index >= 15 is 0 Å². The fraction of sp³-hybridized carbons (Fsp3) is 0.294. The van der Waals surface area contributed by atoms with Crippen LogP contribution in [-0.4, -0.2) is 37.2 Å². The standard InChI is InChI=1S/C17H18FN3O2/c18-14-3-1-13(2-4-14)11-17(22)20-16-6-5-15(12-19-16)21-7-9-23-10-8-21/h1-6,12H,7-11H2,(H,19,20,22). The summed E-state index contributed by atoms with van der Waals surface area (Å²) in [4.78, 5) is 18.5. The van der Waals surface area contributed by atoms with Crippen molar-refractivity contribution < 1.29 is 13.9 Å². The summed E-state index contributed by atoms with van der Waals surface area (Å²) in [6, 6.07) is 9.61. The molecule has 2 heterocycles. The lowest BCUT2D eigenvalue weighted by molar-refractivity contribution is -0.115. The summed E-state index contributed by atoms with van der Waals surface area (Å²) in [6.07, 6.45) is 1.94. The van der Waals surface area contributed by atoms with E-state index in [2.05, 4.69) is 15.2 Å². The van der Waals surface area contributed by atoms with Crippen LogP contribution in [0.2, 0.25) is 0 Å². The second kappa shape index (κ2) is 7.19. The number of carbonyl (C=O) groups excluding carboxylic acids is 1. The molecule has 1 saturated heterocycles. The Morgan fingerprint density at radius 3 is 2.57 bits per heavy atom. The number of nitrogens with zero attached hydrogens (tertiary/aromatic N) is 2. The number of benzene rings is 1. The van der Waals surface area contributed by atoms with Crippen molar-refractivity contribution in [3.8, 4) is 0 Å². The molecule has 6 heteroatoms. The van der Waals surface area contributed by atoms with Gasteiger partial charge in [0.25, 0.3) is 0 Å². The van der Waals surface area contributed by atoms with Crippen LogP contribution in [0.25, 0.3) is 0 Å². The number of halogens is 1. The van der Waals surface area contributed by atoms with Gasteiger partial charge in [-0.2, -0.15) is 0 Å². The van der Waals surface area contributed by atoms with Crippen molar-refractivity contribution in [2.75, 3.05) is 36.5 Å². The summed E-state index contributed by atoms with van der Waals surface area (Å²) < 4.78 is 18.2. The second-order valence-corrected chi connectivity index (χ2v) is 5.35. The molecule has 2 aromatic rings. The molecule has 1 amide bonds. The zero-order chi connectivity index (χ0) is 16.1. The molecule has 1 aliphatic rings. The average Bonchev–Trinajstić information content (AvgIpc) is 2.58. The quantitative estimate of drug-likeness (QED) is 0.940. The highest BCUT2D eigenvalue weighted by Crippen LogP contribution is 2.16. The minimum absolute atomic E-state index is 0.178. The lowest BCUT2D eigenvalue weighted by Crippen LogP contribution is -2.36. The first-order valence-corrected chi connectivity index (χ1v) is 7.54. The third-order valence-electron chi connectivity index (χ3n) is 3.67. The van der Waals surface area contributed by atoms with Gasteiger partial charge in [-0.3, -0.25) is 4.79 Å². The van der Waals surface area contributed by atoms with Crippen molar-refractivity contribution in [3.05, 3.63) is 54.0 Å². The van der Waals surface area contributed by atoms with Crippen molar-refractivity contribution in [2.45, 2.75) is 6.42 Å². The molecule has 1 fully saturated rings. The van der Waals surface area contributed by atoms with Crippen LogP contribution >= 0.6 is 0 Å². The number of carbonyl (C=O) groups is 1. The van der Waals surface area contributed by atoms with E-state index in [1.54, 1.807) is 24.4 Å². The molecule has 3 rings (SSSR count). The number of pyridine rings is 1. The maximum Gasteiger partial charge on any atom is 0.229 e. The minimum Gasteiger partial charge on any atom is -0.378 e. The van der Waals surface area contributed by atoms with Gasteiger partial charge in [-0.1, -0.05) is 12.1 Å². The van der Waals surface area contributed by atoms with Crippen molar-refractivity contribution >= 4 is 17.4 Å². The molecule has 0 spiro atoms. The highest BCUT2D eigenvalue weighted by molar-refractivity contribution is 5.91. The van der Waals surface area contributed by atoms with Gasteiger partial charge in [0.05, 0.1) is 31.5 Å². The largest absolute Gasteiger partial charge is 0.378 e. The fourth-order valence-electron chi connectivity index (χ4n) is 2.44. The number of ether oxygens (including phenoxy) is 1. The zero-order valence-corrected chi connectivity index (χ0v) is 12.7. The molecule has 120 valence electrons. The Labute approximate surface area is 134 Å². The predicted octanol–water partition coefficient (Wildman–Crippen LogP) is 2.24. The van der Waals surface area contributed by atoms with Crippen LogP contribution in [0.3, 0.4) is 0 Å². The average molecular weight is 315 g/mol. The van der Waals surface area contributed by atoms with Crippen molar-refractivity contribution in [1.29, 1.82) is 0 Å². The minimum atomic E-state index is -0.311. The first-order valence-electron chi connectivity index (χ1n) is 7.54. The summed E-state index contributed by atoms with van der Waals surface area (Å²) in [5, 5.41) is 2.75. The molecule has 1 N–H and O–H groups in total. The molecule has 1 aliphatic heterocycles. The van der Waals surface area contributed by atoms with E-state index in [9.17, 15) is 9.18 Å². The molecule has 1 aromatic heterocycles. The Balaban J connectivity index is 1.57. The number of nitrogens with one attached hydrogen (secondary N) is 1. The maximum absolute atomic E-state index is 12.8. The van der Waals surface area contributed by atoms with Crippen molar-refractivity contribution in [3.63, 3.8) is 0 Å². The lowest BCUT2D eigenvalue weighted by Gasteiger charge is -2.28. The normalized spacial score (nSPS) is 14.6. The Kier molecular flexibility index (Phi) is 4.83. The van der Waals surface area contributed by atoms with E-state index in [-0.39, 0.29) is 18.1 Å². The van der Waals surface area contributed by atoms with Crippen molar-refractivity contribution in [2.24, 2.45) is 0 Å². The van der Waals surface area contributed by atoms with Gasteiger partial charge < -0.3 is 15.0 Å². The van der Waals surface area contributed by atoms with Gasteiger partial charge in [0.2, 0.25) is 5.91 Å². The topological polar surface area (TPSA) is 54.5 Å². The van der Waals surface area contributed by atoms with Crippen LogP contribution in [0, 0.1) is 5.82 Å². The number of anilines is 2. The number of amides is 1. The zero-order valence-electron chi connectivity index (χ0n) is 12.7. The molecule has 0 bridgehead atoms. The number of aromatic nitrogens is 1. The fourth-order valence-corrected chi connectivity index (χ4v) is 2.44. The molecule has 1 aromatic carbocycles. The first kappa shape index (κ1) is 15.4. The van der Waals surface area contributed by atoms with E-state index in [1.165, 1.54) is 12.1 Å². The molecular weight excluding hydrogens is 297 g/mol. The number of hydrogen-bond acceptors (Lipinski definition) is 4. The number of morpholine rings is 1. The van der Waals surface area contributed by atoms with Gasteiger partial charge in [0.1, 0.15) is 11.6 Å². The van der Waals surface area contributed by atoms with E-state index < -0.39 is 0 Å². The smallest absolute Gasteiger partial charge is 0.229 e. The van der Waals surface area contributed by atoms with Crippen molar-refractivity contribution in [1.82, 2.24) is 4.98 Å². The summed E-state index contributed by atoms with van der Waals surface area (Å²) in [5.41, 5.74) is 1.78. The Morgan fingerprint density at radius 2 is 1.91 bits per heavy atom. The number of rotatable bonds is 4. The molecule has 0 radical (unpaired) electrons. The van der Waals surface area contributed by atoms with E-state index in [1.807, 2.05) is 6.07 Å². The third kappa shape index (κ3) is 4.26. The van der Waals surface area contributed by atoms with E-state index in [0.717, 1.165) is 37.6 Å². The SMILES string of the molecule is O=C(Cc1ccc(F)cc1)Nc1ccc(N2CCOCC2)cn1. The van der Waals surface area contributed by atoms with Crippen LogP contribution in [0.15, 0.2) is 42.6 Å². The molecule has 0 saturated carbocycles. The van der Waals surface area contributed by atoms with Gasteiger partial charge in [0, 0.05) is 13.1 Å². The molecule has 0 atom stereocenters. The second-order valence-electron chi connectivity index (χ2n) is 5.35. The predicted molar refractivity (Wildman–Crippen MR) is 86.0 cm³/mol. The van der Waals surface area contributed by atoms with Gasteiger partial charge in [-0.25, -0.2) is 9.37 Å². The third-order valence-corrected chi connectivity index (χ3v) is 3.67. The van der Waals surface area contributed by atoms with E-state index in [0.29, 0.717) is 5.82 Å². The van der Waals surface area contributed by atoms with Crippen LogP contribution < -0.4 is 10.2 Å². The van der Waals surface area contributed by atoms with Crippen LogP contribution in [0.1, 0.15) is 5.56 Å². The highest BCUT2D eigenvalue weighted by atomic mass is 19.1. The van der Waals surface area contributed by atoms with Gasteiger partial charge in [0.15, 0.2) is 0 Å². The Hall–Kier alpha value is -2.47. The van der Waals surface area contributed by atoms with E-state index in [4.69, 9.17) is 4.74 Å². The van der Waals surface area contributed by atoms with Crippen LogP contribution in [0.4, 0.5) is 15.9 Å². The summed E-state index contributed by atoms with van der Waals surface area (Å²) in [6.45, 7) is 3.13. The summed E-state index contributed by atoms with van der Waals surface area (Å²) in [5.74, 6) is 0.0203. The highest BCUT2D eigenvalue weighted by Gasteiger charge is 2.12. The maximum atomic E-state index is 12.8. The van der Waals surface area contributed by atoms with Crippen LogP contribution in [0.5, 0.6) is 0 Å².